The first-order valence-electron chi connectivity index (χ1n) is 29.3. The van der Waals surface area contributed by atoms with Crippen LogP contribution in [0.3, 0.4) is 0 Å². The van der Waals surface area contributed by atoms with Gasteiger partial charge in [-0.1, -0.05) is 60.7 Å². The molecule has 12 rings (SSSR count). The van der Waals surface area contributed by atoms with Gasteiger partial charge in [0.1, 0.15) is 25.4 Å². The van der Waals surface area contributed by atoms with Crippen LogP contribution >= 0.6 is 25.9 Å². The molecule has 3 amide bonds. The minimum absolute atomic E-state index is 0. The van der Waals surface area contributed by atoms with Crippen molar-refractivity contribution in [3.8, 4) is 22.3 Å². The van der Waals surface area contributed by atoms with Gasteiger partial charge in [0, 0.05) is 122 Å². The van der Waals surface area contributed by atoms with Gasteiger partial charge in [0.05, 0.1) is 40.7 Å². The molecule has 0 spiro atoms. The predicted molar refractivity (Wildman–Crippen MR) is 364 cm³/mol. The largest absolute Gasteiger partial charge is 0.480 e. The van der Waals surface area contributed by atoms with Crippen LogP contribution in [0.4, 0.5) is 8.78 Å². The molecule has 6 aromatic heterocycles. The van der Waals surface area contributed by atoms with Gasteiger partial charge >= 0.3 is 5.97 Å². The number of carbonyl (C=O) groups is 5. The van der Waals surface area contributed by atoms with Crippen LogP contribution in [0.2, 0.25) is 0 Å². The molecule has 2 aliphatic heterocycles. The molecule has 0 radical (unpaired) electrons. The van der Waals surface area contributed by atoms with E-state index < -0.39 is 42.3 Å². The van der Waals surface area contributed by atoms with Gasteiger partial charge in [-0.25, -0.2) is 8.78 Å². The summed E-state index contributed by atoms with van der Waals surface area (Å²) in [5.41, 5.74) is 21.8. The van der Waals surface area contributed by atoms with Crippen molar-refractivity contribution in [1.29, 1.82) is 0 Å². The van der Waals surface area contributed by atoms with Crippen LogP contribution in [-0.2, 0) is 62.7 Å². The highest BCUT2D eigenvalue weighted by atomic mass is 35.5. The van der Waals surface area contributed by atoms with Crippen molar-refractivity contribution in [3.05, 3.63) is 192 Å². The lowest BCUT2D eigenvalue weighted by atomic mass is 10.0. The Bertz CT molecular complexity index is 4230. The number of aryl methyl sites for hydroxylation is 2. The monoisotopic (exact) mass is 1310 g/mol. The van der Waals surface area contributed by atoms with Crippen LogP contribution in [0.25, 0.3) is 65.9 Å². The minimum Gasteiger partial charge on any atom is -0.480 e. The van der Waals surface area contributed by atoms with E-state index in [1.54, 1.807) is 29.2 Å². The molecule has 2 aliphatic rings. The maximum Gasteiger partial charge on any atom is 0.323 e. The number of benzene rings is 4. The third-order valence-electron chi connectivity index (χ3n) is 16.1. The van der Waals surface area contributed by atoms with E-state index in [0.717, 1.165) is 61.1 Å². The molecule has 8 heterocycles. The van der Waals surface area contributed by atoms with Crippen LogP contribution in [0.1, 0.15) is 82.0 Å². The molecule has 4 aromatic carbocycles. The topological polar surface area (TPSA) is 255 Å². The highest BCUT2D eigenvalue weighted by Gasteiger charge is 2.34. The number of hydrogen-bond acceptors (Lipinski definition) is 13. The average Bonchev–Trinajstić information content (AvgIpc) is 1.70. The van der Waals surface area contributed by atoms with Crippen LogP contribution in [0.15, 0.2) is 158 Å². The van der Waals surface area contributed by atoms with Crippen LogP contribution < -0.4 is 16.8 Å². The summed E-state index contributed by atoms with van der Waals surface area (Å²) in [6.07, 6.45) is 7.25. The number of carbonyl (C=O) groups excluding carboxylic acids is 4. The Morgan fingerprint density at radius 3 is 1.66 bits per heavy atom. The molecule has 5 atom stereocenters. The van der Waals surface area contributed by atoms with Crippen molar-refractivity contribution in [3.63, 3.8) is 0 Å². The fourth-order valence-electron chi connectivity index (χ4n) is 11.6. The van der Waals surface area contributed by atoms with E-state index in [9.17, 15) is 37.9 Å². The average molecular weight is 1310 g/mol. The van der Waals surface area contributed by atoms with Crippen molar-refractivity contribution in [1.82, 2.24) is 39.3 Å². The smallest absolute Gasteiger partial charge is 0.323 e. The first kappa shape index (κ1) is 70.0. The lowest BCUT2D eigenvalue weighted by Gasteiger charge is -2.29. The SMILES string of the molecule is Cc1cccc(CC(=O)[C@@H]2CCC(F)CCN2C(=O)Cn2cc(C(N)=O)c3cc(-c4ccc5cccnc5c4)ccc32)n1.Cc1cccc(CC(O)[C@@H]2CCC(F)CCN2)n1.Cl.NC(=O)c1cn(CC(=O)O)c2ccc(-c3ccc4cccnc4c3)cc12.S.S=S. The number of primary amides is 2. The van der Waals surface area contributed by atoms with E-state index >= 15 is 0 Å². The van der Waals surface area contributed by atoms with Gasteiger partial charge in [-0.3, -0.25) is 43.9 Å². The second-order valence-electron chi connectivity index (χ2n) is 22.3. The zero-order valence-corrected chi connectivity index (χ0v) is 53.5. The maximum atomic E-state index is 14.5. The van der Waals surface area contributed by atoms with E-state index in [-0.39, 0.29) is 89.0 Å². The van der Waals surface area contributed by atoms with Gasteiger partial charge in [0.2, 0.25) is 5.91 Å². The second kappa shape index (κ2) is 32.5. The Morgan fingerprint density at radius 2 is 1.12 bits per heavy atom. The third kappa shape index (κ3) is 17.7. The molecule has 474 valence electrons. The van der Waals surface area contributed by atoms with Gasteiger partial charge in [0.15, 0.2) is 5.78 Å². The number of rotatable bonds is 14. The number of nitrogens with two attached hydrogens (primary N) is 2. The number of nitrogens with zero attached hydrogens (tertiary/aromatic N) is 7. The summed E-state index contributed by atoms with van der Waals surface area (Å²) in [5.74, 6) is -2.66. The van der Waals surface area contributed by atoms with E-state index in [4.69, 9.17) is 16.6 Å². The van der Waals surface area contributed by atoms with E-state index in [1.165, 1.54) is 15.7 Å². The fraction of sp³-hybridized carbons (Fsp3) is 0.279. The van der Waals surface area contributed by atoms with E-state index in [0.29, 0.717) is 70.9 Å². The molecule has 0 bridgehead atoms. The summed E-state index contributed by atoms with van der Waals surface area (Å²) in [6.45, 7) is 4.22. The number of nitrogens with one attached hydrogen (secondary N) is 1. The lowest BCUT2D eigenvalue weighted by Crippen LogP contribution is -2.46. The van der Waals surface area contributed by atoms with Crippen molar-refractivity contribution in [2.45, 2.75) is 109 Å². The van der Waals surface area contributed by atoms with Crippen molar-refractivity contribution in [2.75, 3.05) is 13.1 Å². The molecule has 0 saturated carbocycles. The number of aliphatic carboxylic acids is 1. The van der Waals surface area contributed by atoms with E-state index in [1.807, 2.05) is 141 Å². The molecule has 2 saturated heterocycles. The Labute approximate surface area is 548 Å². The zero-order valence-electron chi connectivity index (χ0n) is 50.1. The number of carboxylic acid groups (broad SMARTS) is 1. The van der Waals surface area contributed by atoms with Gasteiger partial charge in [0.25, 0.3) is 11.8 Å². The van der Waals surface area contributed by atoms with Crippen LogP contribution in [-0.4, -0.2) is 117 Å². The lowest BCUT2D eigenvalue weighted by molar-refractivity contribution is -0.139. The summed E-state index contributed by atoms with van der Waals surface area (Å²) in [6, 6.07) is 41.5. The molecule has 3 unspecified atom stereocenters. The number of hydrogen-bond donors (Lipinski definition) is 5. The molecule has 17 nitrogen and oxygen atoms in total. The molecular formula is C68H71ClF2N10O7S3. The van der Waals surface area contributed by atoms with Crippen molar-refractivity contribution >= 4 is 121 Å². The number of aromatic nitrogens is 6. The minimum atomic E-state index is -1.08. The summed E-state index contributed by atoms with van der Waals surface area (Å²) in [7, 11) is 0. The van der Waals surface area contributed by atoms with Crippen molar-refractivity contribution < 1.29 is 43.0 Å². The predicted octanol–water partition coefficient (Wildman–Crippen LogP) is 10.5. The van der Waals surface area contributed by atoms with Gasteiger partial charge < -0.3 is 41.0 Å². The number of Topliss-reactive ketones (excluding diaryl/α,β-unsaturated/α-hetero) is 1. The quantitative estimate of drug-likeness (QED) is 0.0679. The standard InChI is InChI=1S/C34H32FN5O3.C20H15N3O3.C14H21FN2O.ClH.S2.H2S/c1-21-4-2-6-26(38-21)18-32(41)31-12-10-25(35)13-15-40(31)33(42)20-39-19-28(34(36)43)27-16-23(9-11-30(27)39)24-8-7-22-5-3-14-37-29(22)17-24;21-20(26)16-10-23(11-19(24)25)18-6-5-13(8-15(16)18)14-4-3-12-2-1-7-22-17(12)9-14;1-10-3-2-4-12(17-10)9-14(18)13-6-5-11(15)7-8-16-13;;1-2;/h2-9,11,14,16-17,19,25,31H,10,12-13,15,18,20H2,1H3,(H2,36,43);1-10H,11H2,(H2,21,26)(H,24,25);2-4,11,13-14,16,18H,5-9H2,1H3;1H;;1H2/t25?,31-;;11?,13-,14?;;;/m0.0.../s1. The molecule has 0 aliphatic carbocycles. The van der Waals surface area contributed by atoms with Crippen LogP contribution in [0, 0.1) is 13.8 Å². The number of likely N-dealkylation sites (tertiary alicyclic amines) is 1. The number of fused-ring (bicyclic) bond motifs is 4. The van der Waals surface area contributed by atoms with E-state index in [2.05, 4.69) is 47.6 Å². The highest BCUT2D eigenvalue weighted by molar-refractivity contribution is 8.07. The Balaban J connectivity index is 0.000000208. The summed E-state index contributed by atoms with van der Waals surface area (Å²) in [4.78, 5) is 81.7. The highest BCUT2D eigenvalue weighted by Crippen LogP contribution is 2.33. The molecule has 10 aromatic rings. The molecular weight excluding hydrogens is 1240 g/mol. The van der Waals surface area contributed by atoms with Crippen molar-refractivity contribution in [2.24, 2.45) is 11.5 Å². The van der Waals surface area contributed by atoms with Crippen LogP contribution in [0.5, 0.6) is 0 Å². The number of carboxylic acids is 1. The number of halogens is 3. The first-order chi connectivity index (χ1) is 42.9. The van der Waals surface area contributed by atoms with Gasteiger partial charge in [-0.15, -0.1) is 12.4 Å². The number of aliphatic hydroxyl groups is 1. The first-order valence-corrected chi connectivity index (χ1v) is 30.6. The fourth-order valence-corrected chi connectivity index (χ4v) is 11.6. The second-order valence-corrected chi connectivity index (χ2v) is 22.3. The number of aliphatic hydroxyl groups excluding tert-OH is 1. The maximum absolute atomic E-state index is 14.5. The van der Waals surface area contributed by atoms with Gasteiger partial charge in [-0.2, -0.15) is 13.5 Å². The zero-order chi connectivity index (χ0) is 63.3. The molecule has 2 fully saturated rings. The number of pyridine rings is 4. The Kier molecular flexibility index (Phi) is 25.0. The summed E-state index contributed by atoms with van der Waals surface area (Å²) < 4.78 is 30.9. The normalized spacial score (nSPS) is 16.6. The summed E-state index contributed by atoms with van der Waals surface area (Å²) in [5, 5.41) is 25.8. The summed E-state index contributed by atoms with van der Waals surface area (Å²) >= 11 is 7.33. The molecule has 91 heavy (non-hydrogen) atoms. The molecule has 7 N–H and O–H groups in total. The third-order valence-corrected chi connectivity index (χ3v) is 16.1. The number of alkyl halides is 2. The Morgan fingerprint density at radius 1 is 0.626 bits per heavy atom. The molecule has 23 heteroatoms. The van der Waals surface area contributed by atoms with Gasteiger partial charge in [-0.05, 0) is 154 Å². The number of ketones is 1. The Hall–Kier alpha value is -8.51. The number of amides is 3.